The van der Waals surface area contributed by atoms with E-state index in [9.17, 15) is 9.59 Å². The van der Waals surface area contributed by atoms with Gasteiger partial charge in [0, 0.05) is 18.9 Å². The zero-order chi connectivity index (χ0) is 13.7. The van der Waals surface area contributed by atoms with Crippen LogP contribution in [0.5, 0.6) is 0 Å². The summed E-state index contributed by atoms with van der Waals surface area (Å²) in [5.74, 6) is 0.177. The highest BCUT2D eigenvalue weighted by Crippen LogP contribution is 2.18. The number of rotatable bonds is 6. The molecule has 0 radical (unpaired) electrons. The third-order valence-corrected chi connectivity index (χ3v) is 3.59. The Morgan fingerprint density at radius 2 is 2.17 bits per heavy atom. The van der Waals surface area contributed by atoms with Gasteiger partial charge < -0.3 is 9.30 Å². The SMILES string of the molecule is CCOC(=O)C(SCC)C(=O)c1ncc(C)n1C. The number of esters is 1. The van der Waals surface area contributed by atoms with E-state index in [-0.39, 0.29) is 12.4 Å². The molecule has 0 aliphatic heterocycles. The van der Waals surface area contributed by atoms with Gasteiger partial charge in [-0.25, -0.2) is 4.98 Å². The lowest BCUT2D eigenvalue weighted by Crippen LogP contribution is -2.31. The summed E-state index contributed by atoms with van der Waals surface area (Å²) in [7, 11) is 1.76. The van der Waals surface area contributed by atoms with Gasteiger partial charge in [0.15, 0.2) is 11.1 Å². The summed E-state index contributed by atoms with van der Waals surface area (Å²) in [4.78, 5) is 28.1. The number of hydrogen-bond acceptors (Lipinski definition) is 5. The van der Waals surface area contributed by atoms with E-state index >= 15 is 0 Å². The van der Waals surface area contributed by atoms with Crippen LogP contribution in [0.3, 0.4) is 0 Å². The molecule has 0 saturated carbocycles. The van der Waals surface area contributed by atoms with Crippen LogP contribution < -0.4 is 0 Å². The highest BCUT2D eigenvalue weighted by atomic mass is 32.2. The van der Waals surface area contributed by atoms with Crippen LogP contribution in [0.15, 0.2) is 6.20 Å². The molecule has 100 valence electrons. The third-order valence-electron chi connectivity index (χ3n) is 2.51. The zero-order valence-electron chi connectivity index (χ0n) is 11.1. The summed E-state index contributed by atoms with van der Waals surface area (Å²) in [6, 6.07) is 0. The van der Waals surface area contributed by atoms with Gasteiger partial charge in [-0.15, -0.1) is 11.8 Å². The number of carbonyl (C=O) groups is 2. The maximum atomic E-state index is 12.3. The Morgan fingerprint density at radius 1 is 1.50 bits per heavy atom. The zero-order valence-corrected chi connectivity index (χ0v) is 11.9. The van der Waals surface area contributed by atoms with Crippen molar-refractivity contribution in [3.63, 3.8) is 0 Å². The molecule has 0 aliphatic carbocycles. The topological polar surface area (TPSA) is 61.2 Å². The van der Waals surface area contributed by atoms with Crippen molar-refractivity contribution in [2.45, 2.75) is 26.0 Å². The molecule has 1 aromatic rings. The van der Waals surface area contributed by atoms with Gasteiger partial charge in [-0.05, 0) is 19.6 Å². The number of carbonyl (C=O) groups excluding carboxylic acids is 2. The summed E-state index contributed by atoms with van der Waals surface area (Å²) in [6.07, 6.45) is 1.62. The molecule has 0 N–H and O–H groups in total. The molecule has 5 nitrogen and oxygen atoms in total. The second-order valence-electron chi connectivity index (χ2n) is 3.73. The van der Waals surface area contributed by atoms with Gasteiger partial charge in [-0.3, -0.25) is 9.59 Å². The third kappa shape index (κ3) is 3.13. The second-order valence-corrected chi connectivity index (χ2v) is 5.12. The van der Waals surface area contributed by atoms with E-state index in [0.717, 1.165) is 5.69 Å². The van der Waals surface area contributed by atoms with Crippen LogP contribution in [0.25, 0.3) is 0 Å². The summed E-state index contributed by atoms with van der Waals surface area (Å²) in [6.45, 7) is 5.75. The second kappa shape index (κ2) is 6.58. The number of ether oxygens (including phenoxy) is 1. The lowest BCUT2D eigenvalue weighted by molar-refractivity contribution is -0.141. The number of hydrogen-bond donors (Lipinski definition) is 0. The maximum Gasteiger partial charge on any atom is 0.327 e. The number of imidazole rings is 1. The van der Waals surface area contributed by atoms with Gasteiger partial charge in [-0.1, -0.05) is 6.92 Å². The quantitative estimate of drug-likeness (QED) is 0.446. The van der Waals surface area contributed by atoms with Crippen molar-refractivity contribution < 1.29 is 14.3 Å². The van der Waals surface area contributed by atoms with Gasteiger partial charge in [0.2, 0.25) is 5.78 Å². The molecule has 1 atom stereocenters. The molecular formula is C12H18N2O3S. The van der Waals surface area contributed by atoms with E-state index in [1.165, 1.54) is 11.8 Å². The lowest BCUT2D eigenvalue weighted by atomic mass is 10.2. The first-order chi connectivity index (χ1) is 8.52. The highest BCUT2D eigenvalue weighted by molar-refractivity contribution is 8.01. The Bertz CT molecular complexity index is 443. The van der Waals surface area contributed by atoms with Crippen LogP contribution in [0, 0.1) is 6.92 Å². The average Bonchev–Trinajstić information content (AvgIpc) is 2.66. The van der Waals surface area contributed by atoms with E-state index in [0.29, 0.717) is 11.6 Å². The smallest absolute Gasteiger partial charge is 0.327 e. The van der Waals surface area contributed by atoms with Crippen molar-refractivity contribution in [1.82, 2.24) is 9.55 Å². The summed E-state index contributed by atoms with van der Waals surface area (Å²) in [5.41, 5.74) is 0.877. The van der Waals surface area contributed by atoms with E-state index in [2.05, 4.69) is 4.98 Å². The van der Waals surface area contributed by atoms with Gasteiger partial charge in [-0.2, -0.15) is 0 Å². The first kappa shape index (κ1) is 14.8. The van der Waals surface area contributed by atoms with E-state index in [4.69, 9.17) is 4.74 Å². The Morgan fingerprint density at radius 3 is 2.61 bits per heavy atom. The minimum atomic E-state index is -0.824. The summed E-state index contributed by atoms with van der Waals surface area (Å²) in [5, 5.41) is -0.824. The molecule has 0 bridgehead atoms. The fraction of sp³-hybridized carbons (Fsp3) is 0.583. The standard InChI is InChI=1S/C12H18N2O3S/c1-5-17-12(16)10(18-6-2)9(15)11-13-7-8(3)14(11)4/h7,10H,5-6H2,1-4H3. The fourth-order valence-corrected chi connectivity index (χ4v) is 2.27. The molecule has 18 heavy (non-hydrogen) atoms. The molecule has 0 fully saturated rings. The molecule has 0 amide bonds. The fourth-order valence-electron chi connectivity index (χ4n) is 1.48. The maximum absolute atomic E-state index is 12.3. The first-order valence-electron chi connectivity index (χ1n) is 5.83. The molecule has 0 aliphatic rings. The normalized spacial score (nSPS) is 12.2. The Kier molecular flexibility index (Phi) is 5.40. The van der Waals surface area contributed by atoms with Crippen molar-refractivity contribution in [3.05, 3.63) is 17.7 Å². The number of Topliss-reactive ketones (excluding diaryl/α,β-unsaturated/α-hetero) is 1. The number of nitrogens with zero attached hydrogens (tertiary/aromatic N) is 2. The molecule has 1 unspecified atom stereocenters. The minimum absolute atomic E-state index is 0.270. The Hall–Kier alpha value is -1.30. The predicted octanol–water partition coefficient (Wildman–Crippen LogP) is 1.60. The molecule has 1 heterocycles. The van der Waals surface area contributed by atoms with Crippen molar-refractivity contribution in [3.8, 4) is 0 Å². The van der Waals surface area contributed by atoms with Crippen molar-refractivity contribution in [2.75, 3.05) is 12.4 Å². The minimum Gasteiger partial charge on any atom is -0.465 e. The summed E-state index contributed by atoms with van der Waals surface area (Å²) >= 11 is 1.27. The van der Waals surface area contributed by atoms with Crippen molar-refractivity contribution in [1.29, 1.82) is 0 Å². The number of ketones is 1. The van der Waals surface area contributed by atoms with Gasteiger partial charge in [0.05, 0.1) is 6.61 Å². The predicted molar refractivity (Wildman–Crippen MR) is 70.8 cm³/mol. The largest absolute Gasteiger partial charge is 0.465 e. The van der Waals surface area contributed by atoms with Crippen molar-refractivity contribution >= 4 is 23.5 Å². The number of aromatic nitrogens is 2. The molecule has 0 aromatic carbocycles. The van der Waals surface area contributed by atoms with E-state index in [1.807, 2.05) is 13.8 Å². The van der Waals surface area contributed by atoms with Crippen LogP contribution in [0.1, 0.15) is 30.2 Å². The van der Waals surface area contributed by atoms with Crippen LogP contribution in [0.2, 0.25) is 0 Å². The van der Waals surface area contributed by atoms with Crippen LogP contribution in [0.4, 0.5) is 0 Å². The molecule has 0 spiro atoms. The molecule has 1 aromatic heterocycles. The molecule has 0 saturated heterocycles. The monoisotopic (exact) mass is 270 g/mol. The number of thioether (sulfide) groups is 1. The number of aryl methyl sites for hydroxylation is 1. The first-order valence-corrected chi connectivity index (χ1v) is 6.88. The average molecular weight is 270 g/mol. The van der Waals surface area contributed by atoms with Gasteiger partial charge in [0.25, 0.3) is 0 Å². The lowest BCUT2D eigenvalue weighted by Gasteiger charge is -2.13. The molecular weight excluding hydrogens is 252 g/mol. The van der Waals surface area contributed by atoms with E-state index in [1.54, 1.807) is 24.7 Å². The Labute approximate surface area is 111 Å². The van der Waals surface area contributed by atoms with E-state index < -0.39 is 11.2 Å². The van der Waals surface area contributed by atoms with Crippen LogP contribution in [-0.4, -0.2) is 38.9 Å². The Balaban J connectivity index is 2.96. The van der Waals surface area contributed by atoms with Crippen LogP contribution in [-0.2, 0) is 16.6 Å². The van der Waals surface area contributed by atoms with Gasteiger partial charge in [0.1, 0.15) is 0 Å². The van der Waals surface area contributed by atoms with Crippen molar-refractivity contribution in [2.24, 2.45) is 7.05 Å². The summed E-state index contributed by atoms with van der Waals surface area (Å²) < 4.78 is 6.61. The highest BCUT2D eigenvalue weighted by Gasteiger charge is 2.31. The molecule has 6 heteroatoms. The molecule has 1 rings (SSSR count). The van der Waals surface area contributed by atoms with Gasteiger partial charge >= 0.3 is 5.97 Å². The van der Waals surface area contributed by atoms with Crippen LogP contribution >= 0.6 is 11.8 Å².